The van der Waals surface area contributed by atoms with Crippen molar-refractivity contribution in [2.75, 3.05) is 5.75 Å². The number of nitrogens with zero attached hydrogens (tertiary/aromatic N) is 2. The van der Waals surface area contributed by atoms with Crippen LogP contribution in [0.3, 0.4) is 0 Å². The van der Waals surface area contributed by atoms with Crippen LogP contribution in [0.4, 0.5) is 0 Å². The summed E-state index contributed by atoms with van der Waals surface area (Å²) in [4.78, 5) is 16.7. The predicted octanol–water partition coefficient (Wildman–Crippen LogP) is 4.19. The van der Waals surface area contributed by atoms with Gasteiger partial charge in [-0.1, -0.05) is 31.2 Å². The van der Waals surface area contributed by atoms with E-state index >= 15 is 0 Å². The molecule has 0 spiro atoms. The number of thiazole rings is 1. The maximum absolute atomic E-state index is 12.4. The number of aromatic nitrogens is 1. The highest BCUT2D eigenvalue weighted by molar-refractivity contribution is 7.98. The molecular weight excluding hydrogens is 300 g/mol. The van der Waals surface area contributed by atoms with Crippen LogP contribution in [-0.2, 0) is 5.75 Å². The normalized spacial score (nSPS) is 11.9. The first-order chi connectivity index (χ1) is 10.2. The van der Waals surface area contributed by atoms with Gasteiger partial charge in [-0.25, -0.2) is 4.98 Å². The Morgan fingerprint density at radius 3 is 2.67 bits per heavy atom. The lowest BCUT2D eigenvalue weighted by Gasteiger charge is -2.06. The molecule has 0 bridgehead atoms. The molecule has 0 saturated heterocycles. The third-order valence-corrected chi connectivity index (χ3v) is 4.96. The van der Waals surface area contributed by atoms with Crippen molar-refractivity contribution in [1.29, 1.82) is 5.26 Å². The molecule has 0 unspecified atom stereocenters. The summed E-state index contributed by atoms with van der Waals surface area (Å²) in [6, 6.07) is 9.59. The summed E-state index contributed by atoms with van der Waals surface area (Å²) < 4.78 is 0. The lowest BCUT2D eigenvalue weighted by atomic mass is 9.98. The van der Waals surface area contributed by atoms with Gasteiger partial charge in [-0.2, -0.15) is 17.0 Å². The van der Waals surface area contributed by atoms with Crippen molar-refractivity contribution in [2.24, 2.45) is 0 Å². The van der Waals surface area contributed by atoms with Gasteiger partial charge in [0.1, 0.15) is 5.01 Å². The number of aryl methyl sites for hydroxylation is 1. The Morgan fingerprint density at radius 2 is 2.14 bits per heavy atom. The third kappa shape index (κ3) is 3.93. The Morgan fingerprint density at radius 1 is 1.43 bits per heavy atom. The van der Waals surface area contributed by atoms with Crippen LogP contribution in [-0.4, -0.2) is 16.5 Å². The van der Waals surface area contributed by atoms with Crippen LogP contribution >= 0.6 is 23.1 Å². The van der Waals surface area contributed by atoms with Gasteiger partial charge in [-0.3, -0.25) is 4.79 Å². The highest BCUT2D eigenvalue weighted by Crippen LogP contribution is 2.24. The molecule has 0 aliphatic carbocycles. The monoisotopic (exact) mass is 316 g/mol. The van der Waals surface area contributed by atoms with E-state index in [2.05, 4.69) is 18.0 Å². The zero-order chi connectivity index (χ0) is 15.2. The Balaban J connectivity index is 2.16. The molecule has 1 aromatic heterocycles. The molecule has 0 fully saturated rings. The summed E-state index contributed by atoms with van der Waals surface area (Å²) in [5, 5.41) is 11.7. The minimum Gasteiger partial charge on any atom is -0.292 e. The van der Waals surface area contributed by atoms with Gasteiger partial charge in [0, 0.05) is 22.4 Å². The van der Waals surface area contributed by atoms with Crippen LogP contribution in [0.25, 0.3) is 0 Å². The minimum absolute atomic E-state index is 0.179. The van der Waals surface area contributed by atoms with Crippen molar-refractivity contribution in [1.82, 2.24) is 4.98 Å². The van der Waals surface area contributed by atoms with Crippen molar-refractivity contribution in [3.05, 3.63) is 51.5 Å². The summed E-state index contributed by atoms with van der Waals surface area (Å²) >= 11 is 3.20. The topological polar surface area (TPSA) is 53.8 Å². The first-order valence-corrected chi connectivity index (χ1v) is 8.71. The van der Waals surface area contributed by atoms with Gasteiger partial charge in [-0.15, -0.1) is 11.3 Å². The van der Waals surface area contributed by atoms with Crippen molar-refractivity contribution in [2.45, 2.75) is 25.5 Å². The molecule has 0 radical (unpaired) electrons. The van der Waals surface area contributed by atoms with Crippen molar-refractivity contribution < 1.29 is 4.79 Å². The number of hydrogen-bond donors (Lipinski definition) is 0. The first kappa shape index (κ1) is 15.7. The molecule has 21 heavy (non-hydrogen) atoms. The molecule has 2 rings (SSSR count). The van der Waals surface area contributed by atoms with Crippen LogP contribution in [0.1, 0.15) is 39.5 Å². The average Bonchev–Trinajstić information content (AvgIpc) is 2.92. The van der Waals surface area contributed by atoms with E-state index in [1.54, 1.807) is 12.1 Å². The molecule has 0 amide bonds. The summed E-state index contributed by atoms with van der Waals surface area (Å²) in [6.45, 7) is 3.98. The molecule has 3 nitrogen and oxygen atoms in total. The second-order valence-corrected chi connectivity index (χ2v) is 6.75. The predicted molar refractivity (Wildman–Crippen MR) is 87.8 cm³/mol. The SMILES string of the molecule is CCSCc1ccc(C(=O)[C@@H](C#N)c2nc(C)cs2)cc1. The lowest BCUT2D eigenvalue weighted by molar-refractivity contribution is 0.0979. The largest absolute Gasteiger partial charge is 0.292 e. The minimum atomic E-state index is -0.806. The number of hydrogen-bond acceptors (Lipinski definition) is 5. The van der Waals surface area contributed by atoms with E-state index in [0.29, 0.717) is 10.6 Å². The summed E-state index contributed by atoms with van der Waals surface area (Å²) in [6.07, 6.45) is 0. The Hall–Kier alpha value is -1.64. The van der Waals surface area contributed by atoms with Crippen LogP contribution in [0.5, 0.6) is 0 Å². The van der Waals surface area contributed by atoms with Crippen molar-refractivity contribution in [3.8, 4) is 6.07 Å². The maximum atomic E-state index is 12.4. The Labute approximate surface area is 133 Å². The standard InChI is InChI=1S/C16H16N2OS2/c1-3-20-10-12-4-6-13(7-5-12)15(19)14(8-17)16-18-11(2)9-21-16/h4-7,9,14H,3,10H2,1-2H3/t14-/m1/s1. The number of rotatable bonds is 6. The quantitative estimate of drug-likeness (QED) is 0.750. The molecule has 0 aliphatic rings. The Bertz CT molecular complexity index is 656. The number of benzene rings is 1. The molecule has 1 heterocycles. The van der Waals surface area contributed by atoms with Crippen LogP contribution < -0.4 is 0 Å². The van der Waals surface area contributed by atoms with Gasteiger partial charge >= 0.3 is 0 Å². The van der Waals surface area contributed by atoms with E-state index < -0.39 is 5.92 Å². The highest BCUT2D eigenvalue weighted by atomic mass is 32.2. The fourth-order valence-corrected chi connectivity index (χ4v) is 3.35. The summed E-state index contributed by atoms with van der Waals surface area (Å²) in [5.41, 5.74) is 2.60. The van der Waals surface area contributed by atoms with Gasteiger partial charge < -0.3 is 0 Å². The molecule has 108 valence electrons. The van der Waals surface area contributed by atoms with E-state index in [0.717, 1.165) is 17.2 Å². The molecular formula is C16H16N2OS2. The number of carbonyl (C=O) groups excluding carboxylic acids is 1. The molecule has 0 N–H and O–H groups in total. The first-order valence-electron chi connectivity index (χ1n) is 6.68. The van der Waals surface area contributed by atoms with Gasteiger partial charge in [0.05, 0.1) is 6.07 Å². The zero-order valence-corrected chi connectivity index (χ0v) is 13.6. The number of ketones is 1. The van der Waals surface area contributed by atoms with Crippen molar-refractivity contribution >= 4 is 28.9 Å². The molecule has 5 heteroatoms. The zero-order valence-electron chi connectivity index (χ0n) is 12.0. The molecule has 1 atom stereocenters. The van der Waals surface area contributed by atoms with E-state index in [4.69, 9.17) is 0 Å². The number of thioether (sulfide) groups is 1. The fraction of sp³-hybridized carbons (Fsp3) is 0.312. The van der Waals surface area contributed by atoms with Crippen LogP contribution in [0.15, 0.2) is 29.6 Å². The van der Waals surface area contributed by atoms with Gasteiger partial charge in [-0.05, 0) is 18.2 Å². The lowest BCUT2D eigenvalue weighted by Crippen LogP contribution is -2.11. The smallest absolute Gasteiger partial charge is 0.186 e. The second kappa shape index (κ2) is 7.39. The Kier molecular flexibility index (Phi) is 5.54. The van der Waals surface area contributed by atoms with Gasteiger partial charge in [0.2, 0.25) is 0 Å². The summed E-state index contributed by atoms with van der Waals surface area (Å²) in [5.74, 6) is 1.03. The number of nitriles is 1. The summed E-state index contributed by atoms with van der Waals surface area (Å²) in [7, 11) is 0. The van der Waals surface area contributed by atoms with E-state index in [1.807, 2.05) is 36.2 Å². The number of carbonyl (C=O) groups is 1. The molecule has 0 aliphatic heterocycles. The second-order valence-electron chi connectivity index (χ2n) is 4.59. The maximum Gasteiger partial charge on any atom is 0.186 e. The van der Waals surface area contributed by atoms with Gasteiger partial charge in [0.15, 0.2) is 11.7 Å². The van der Waals surface area contributed by atoms with Crippen LogP contribution in [0.2, 0.25) is 0 Å². The molecule has 2 aromatic rings. The van der Waals surface area contributed by atoms with E-state index in [9.17, 15) is 10.1 Å². The molecule has 1 aromatic carbocycles. The number of Topliss-reactive ketones (excluding diaryl/α,β-unsaturated/α-hetero) is 1. The van der Waals surface area contributed by atoms with Crippen molar-refractivity contribution in [3.63, 3.8) is 0 Å². The van der Waals surface area contributed by atoms with Gasteiger partial charge in [0.25, 0.3) is 0 Å². The van der Waals surface area contributed by atoms with E-state index in [-0.39, 0.29) is 5.78 Å². The third-order valence-electron chi connectivity index (χ3n) is 2.99. The van der Waals surface area contributed by atoms with Crippen LogP contribution in [0, 0.1) is 18.3 Å². The van der Waals surface area contributed by atoms with E-state index in [1.165, 1.54) is 16.9 Å². The average molecular weight is 316 g/mol. The fourth-order valence-electron chi connectivity index (χ4n) is 1.88. The molecule has 0 saturated carbocycles. The highest BCUT2D eigenvalue weighted by Gasteiger charge is 2.24.